The fourth-order valence-corrected chi connectivity index (χ4v) is 3.71. The molecule has 0 spiro atoms. The van der Waals surface area contributed by atoms with Crippen LogP contribution in [0.15, 0.2) is 12.5 Å². The average molecular weight is 499 g/mol. The van der Waals surface area contributed by atoms with Crippen LogP contribution in [0.25, 0.3) is 0 Å². The molecule has 0 fully saturated rings. The van der Waals surface area contributed by atoms with Gasteiger partial charge in [-0.25, -0.2) is 9.78 Å². The van der Waals surface area contributed by atoms with Crippen LogP contribution in [0.4, 0.5) is 0 Å². The fourth-order valence-electron chi connectivity index (χ4n) is 3.22. The molecular formula is C22H38N6O5S. The van der Waals surface area contributed by atoms with E-state index >= 15 is 0 Å². The van der Waals surface area contributed by atoms with E-state index in [0.717, 1.165) is 0 Å². The summed E-state index contributed by atoms with van der Waals surface area (Å²) in [6, 6.07) is -3.84. The summed E-state index contributed by atoms with van der Waals surface area (Å²) in [6.07, 6.45) is 5.77. The van der Waals surface area contributed by atoms with Gasteiger partial charge in [0.2, 0.25) is 17.7 Å². The Kier molecular flexibility index (Phi) is 12.7. The summed E-state index contributed by atoms with van der Waals surface area (Å²) in [5.74, 6) is -2.39. The zero-order chi connectivity index (χ0) is 25.8. The number of nitrogens with zero attached hydrogens (tertiary/aromatic N) is 1. The number of hydrogen-bond acceptors (Lipinski definition) is 7. The molecule has 1 aromatic rings. The number of carboxylic acid groups (broad SMARTS) is 1. The first kappa shape index (κ1) is 29.4. The third kappa shape index (κ3) is 10.1. The van der Waals surface area contributed by atoms with Crippen LogP contribution in [0, 0.1) is 11.8 Å². The summed E-state index contributed by atoms with van der Waals surface area (Å²) in [5, 5.41) is 17.3. The van der Waals surface area contributed by atoms with Crippen molar-refractivity contribution in [1.29, 1.82) is 0 Å². The van der Waals surface area contributed by atoms with Crippen LogP contribution in [0.3, 0.4) is 0 Å². The molecule has 0 radical (unpaired) electrons. The summed E-state index contributed by atoms with van der Waals surface area (Å²) in [7, 11) is 0. The highest BCUT2D eigenvalue weighted by Crippen LogP contribution is 2.09. The molecule has 4 unspecified atom stereocenters. The van der Waals surface area contributed by atoms with Gasteiger partial charge in [0.25, 0.3) is 0 Å². The predicted molar refractivity (Wildman–Crippen MR) is 131 cm³/mol. The van der Waals surface area contributed by atoms with Crippen LogP contribution in [0.1, 0.15) is 46.2 Å². The largest absolute Gasteiger partial charge is 0.480 e. The minimum atomic E-state index is -1.15. The van der Waals surface area contributed by atoms with E-state index in [-0.39, 0.29) is 18.3 Å². The number of aromatic nitrogens is 2. The molecular weight excluding hydrogens is 460 g/mol. The maximum atomic E-state index is 13.2. The molecule has 12 heteroatoms. The number of aromatic amines is 1. The summed E-state index contributed by atoms with van der Waals surface area (Å²) in [6.45, 7) is 7.15. The Hall–Kier alpha value is -2.60. The lowest BCUT2D eigenvalue weighted by atomic mass is 10.00. The number of carbonyl (C=O) groups is 4. The van der Waals surface area contributed by atoms with Gasteiger partial charge in [0.05, 0.1) is 12.4 Å². The summed E-state index contributed by atoms with van der Waals surface area (Å²) >= 11 is 1.56. The van der Waals surface area contributed by atoms with Crippen molar-refractivity contribution < 1.29 is 24.3 Å². The predicted octanol–water partition coefficient (Wildman–Crippen LogP) is 0.274. The second-order valence-corrected chi connectivity index (χ2v) is 9.97. The Morgan fingerprint density at radius 1 is 1.06 bits per heavy atom. The van der Waals surface area contributed by atoms with Gasteiger partial charge in [-0.05, 0) is 36.7 Å². The van der Waals surface area contributed by atoms with Gasteiger partial charge in [0.1, 0.15) is 18.1 Å². The van der Waals surface area contributed by atoms with E-state index in [1.54, 1.807) is 31.8 Å². The van der Waals surface area contributed by atoms with Gasteiger partial charge >= 0.3 is 5.97 Å². The molecule has 0 aromatic carbocycles. The van der Waals surface area contributed by atoms with Gasteiger partial charge in [-0.15, -0.1) is 0 Å². The topological polar surface area (TPSA) is 179 Å². The number of aliphatic carboxylic acids is 1. The summed E-state index contributed by atoms with van der Waals surface area (Å²) in [4.78, 5) is 57.0. The molecule has 11 nitrogen and oxygen atoms in total. The Bertz CT molecular complexity index is 802. The van der Waals surface area contributed by atoms with Crippen LogP contribution < -0.4 is 21.7 Å². The van der Waals surface area contributed by atoms with Gasteiger partial charge in [0, 0.05) is 18.3 Å². The lowest BCUT2D eigenvalue weighted by Gasteiger charge is -2.26. The van der Waals surface area contributed by atoms with Crippen LogP contribution in [-0.4, -0.2) is 74.9 Å². The monoisotopic (exact) mass is 498 g/mol. The van der Waals surface area contributed by atoms with Crippen molar-refractivity contribution in [3.63, 3.8) is 0 Å². The molecule has 192 valence electrons. The summed E-state index contributed by atoms with van der Waals surface area (Å²) < 4.78 is 0. The number of nitrogens with one attached hydrogen (secondary N) is 4. The molecule has 3 amide bonds. The number of imidazole rings is 1. The van der Waals surface area contributed by atoms with Crippen molar-refractivity contribution >= 4 is 35.5 Å². The molecule has 4 atom stereocenters. The molecule has 1 aromatic heterocycles. The molecule has 34 heavy (non-hydrogen) atoms. The second kappa shape index (κ2) is 14.6. The van der Waals surface area contributed by atoms with Gasteiger partial charge in [0.15, 0.2) is 0 Å². The molecule has 0 aliphatic rings. The van der Waals surface area contributed by atoms with Crippen molar-refractivity contribution in [2.24, 2.45) is 17.6 Å². The molecule has 0 aliphatic carbocycles. The minimum absolute atomic E-state index is 0.0407. The van der Waals surface area contributed by atoms with Crippen molar-refractivity contribution in [2.75, 3.05) is 12.0 Å². The van der Waals surface area contributed by atoms with Crippen LogP contribution >= 0.6 is 11.8 Å². The van der Waals surface area contributed by atoms with Crippen molar-refractivity contribution in [3.8, 4) is 0 Å². The zero-order valence-electron chi connectivity index (χ0n) is 20.5. The quantitative estimate of drug-likeness (QED) is 0.199. The molecule has 7 N–H and O–H groups in total. The van der Waals surface area contributed by atoms with Crippen LogP contribution in [-0.2, 0) is 25.6 Å². The van der Waals surface area contributed by atoms with E-state index < -0.39 is 47.9 Å². The maximum Gasteiger partial charge on any atom is 0.326 e. The zero-order valence-corrected chi connectivity index (χ0v) is 21.3. The highest BCUT2D eigenvalue weighted by atomic mass is 32.2. The number of amides is 3. The van der Waals surface area contributed by atoms with E-state index in [1.807, 2.05) is 20.1 Å². The minimum Gasteiger partial charge on any atom is -0.480 e. The van der Waals surface area contributed by atoms with Crippen molar-refractivity contribution in [3.05, 3.63) is 18.2 Å². The van der Waals surface area contributed by atoms with Crippen LogP contribution in [0.2, 0.25) is 0 Å². The molecule has 0 aliphatic heterocycles. The van der Waals surface area contributed by atoms with Crippen molar-refractivity contribution in [2.45, 2.75) is 71.1 Å². The van der Waals surface area contributed by atoms with E-state index in [4.69, 9.17) is 5.73 Å². The highest BCUT2D eigenvalue weighted by molar-refractivity contribution is 7.98. The number of H-pyrrole nitrogens is 1. The van der Waals surface area contributed by atoms with Gasteiger partial charge in [-0.1, -0.05) is 27.7 Å². The number of nitrogens with two attached hydrogens (primary N) is 1. The fraction of sp³-hybridized carbons (Fsp3) is 0.682. The van der Waals surface area contributed by atoms with E-state index in [2.05, 4.69) is 25.9 Å². The lowest BCUT2D eigenvalue weighted by Crippen LogP contribution is -2.58. The Labute approximate surface area is 204 Å². The maximum absolute atomic E-state index is 13.2. The van der Waals surface area contributed by atoms with E-state index in [0.29, 0.717) is 24.3 Å². The first-order valence-corrected chi connectivity index (χ1v) is 12.7. The molecule has 1 heterocycles. The van der Waals surface area contributed by atoms with Gasteiger partial charge in [-0.2, -0.15) is 11.8 Å². The summed E-state index contributed by atoms with van der Waals surface area (Å²) in [5.41, 5.74) is 6.57. The Morgan fingerprint density at radius 3 is 2.18 bits per heavy atom. The first-order valence-electron chi connectivity index (χ1n) is 11.3. The normalized spacial score (nSPS) is 14.8. The highest BCUT2D eigenvalue weighted by Gasteiger charge is 2.31. The third-order valence-corrected chi connectivity index (χ3v) is 5.80. The van der Waals surface area contributed by atoms with E-state index in [9.17, 15) is 24.3 Å². The van der Waals surface area contributed by atoms with Gasteiger partial charge in [-0.3, -0.25) is 14.4 Å². The second-order valence-electron chi connectivity index (χ2n) is 8.99. The Morgan fingerprint density at radius 2 is 1.68 bits per heavy atom. The average Bonchev–Trinajstić information content (AvgIpc) is 3.26. The number of hydrogen-bond donors (Lipinski definition) is 6. The smallest absolute Gasteiger partial charge is 0.326 e. The standard InChI is InChI=1S/C22H38N6O5S/c1-12(2)8-16(21(31)28-18(13(3)4)22(32)33)27-20(30)17(9-14-10-24-11-25-14)26-19(29)15(23)6-7-34-5/h10-13,15-18H,6-9,23H2,1-5H3,(H,24,25)(H,26,29)(H,27,30)(H,28,31)(H,32,33). The number of thioether (sulfide) groups is 1. The van der Waals surface area contributed by atoms with Crippen LogP contribution in [0.5, 0.6) is 0 Å². The molecule has 0 saturated carbocycles. The Balaban J connectivity index is 3.03. The van der Waals surface area contributed by atoms with Crippen molar-refractivity contribution in [1.82, 2.24) is 25.9 Å². The number of carboxylic acids is 1. The molecule has 0 saturated heterocycles. The number of rotatable bonds is 15. The van der Waals surface area contributed by atoms with E-state index in [1.165, 1.54) is 6.33 Å². The van der Waals surface area contributed by atoms with Gasteiger partial charge < -0.3 is 31.8 Å². The third-order valence-electron chi connectivity index (χ3n) is 5.15. The first-order chi connectivity index (χ1) is 16.0. The number of carbonyl (C=O) groups excluding carboxylic acids is 3. The SMILES string of the molecule is CSCCC(N)C(=O)NC(Cc1cnc[nH]1)C(=O)NC(CC(C)C)C(=O)NC(C(=O)O)C(C)C. The molecule has 0 bridgehead atoms. The molecule has 1 rings (SSSR count). The lowest BCUT2D eigenvalue weighted by molar-refractivity contribution is -0.143.